The molecule has 0 atom stereocenters. The maximum absolute atomic E-state index is 10.6. The second kappa shape index (κ2) is 6.53. The predicted molar refractivity (Wildman–Crippen MR) is 78.0 cm³/mol. The highest BCUT2D eigenvalue weighted by molar-refractivity contribution is 7.80. The van der Waals surface area contributed by atoms with Crippen LogP contribution in [0, 0.1) is 10.1 Å². The van der Waals surface area contributed by atoms with Crippen molar-refractivity contribution in [2.24, 2.45) is 0 Å². The SMILES string of the molecule is O=[N+]([O-])c1cccc(NNC(=S)NCc2ccco2)c1. The Kier molecular flexibility index (Phi) is 4.51. The van der Waals surface area contributed by atoms with Gasteiger partial charge in [-0.3, -0.25) is 21.0 Å². The first-order valence-electron chi connectivity index (χ1n) is 5.72. The lowest BCUT2D eigenvalue weighted by molar-refractivity contribution is -0.384. The third-order valence-corrected chi connectivity index (χ3v) is 2.63. The van der Waals surface area contributed by atoms with E-state index in [9.17, 15) is 10.1 Å². The van der Waals surface area contributed by atoms with Crippen molar-refractivity contribution in [3.8, 4) is 0 Å². The molecule has 0 aliphatic carbocycles. The smallest absolute Gasteiger partial charge is 0.271 e. The van der Waals surface area contributed by atoms with E-state index in [-0.39, 0.29) is 5.69 Å². The van der Waals surface area contributed by atoms with E-state index >= 15 is 0 Å². The summed E-state index contributed by atoms with van der Waals surface area (Å²) >= 11 is 5.05. The molecule has 1 aromatic carbocycles. The van der Waals surface area contributed by atoms with Gasteiger partial charge in [0.1, 0.15) is 5.76 Å². The van der Waals surface area contributed by atoms with Crippen LogP contribution in [0.4, 0.5) is 11.4 Å². The van der Waals surface area contributed by atoms with E-state index in [1.807, 2.05) is 6.07 Å². The molecule has 1 aromatic heterocycles. The number of furan rings is 1. The number of nitro benzene ring substituents is 1. The molecular weight excluding hydrogens is 280 g/mol. The van der Waals surface area contributed by atoms with E-state index in [0.29, 0.717) is 17.3 Å². The van der Waals surface area contributed by atoms with Crippen LogP contribution in [-0.2, 0) is 6.54 Å². The average molecular weight is 292 g/mol. The third-order valence-electron chi connectivity index (χ3n) is 2.38. The van der Waals surface area contributed by atoms with Crippen LogP contribution in [-0.4, -0.2) is 10.0 Å². The number of anilines is 1. The van der Waals surface area contributed by atoms with Gasteiger partial charge in [0.15, 0.2) is 5.11 Å². The van der Waals surface area contributed by atoms with Crippen LogP contribution in [0.5, 0.6) is 0 Å². The van der Waals surface area contributed by atoms with E-state index < -0.39 is 4.92 Å². The van der Waals surface area contributed by atoms with E-state index in [2.05, 4.69) is 16.2 Å². The average Bonchev–Trinajstić information content (AvgIpc) is 2.96. The molecule has 3 N–H and O–H groups in total. The van der Waals surface area contributed by atoms with Crippen molar-refractivity contribution < 1.29 is 9.34 Å². The van der Waals surface area contributed by atoms with Crippen LogP contribution in [0.25, 0.3) is 0 Å². The molecule has 20 heavy (non-hydrogen) atoms. The van der Waals surface area contributed by atoms with Crippen molar-refractivity contribution in [1.29, 1.82) is 0 Å². The van der Waals surface area contributed by atoms with Crippen molar-refractivity contribution in [2.45, 2.75) is 6.54 Å². The highest BCUT2D eigenvalue weighted by Gasteiger charge is 2.05. The van der Waals surface area contributed by atoms with Gasteiger partial charge in [0.05, 0.1) is 23.4 Å². The minimum Gasteiger partial charge on any atom is -0.467 e. The standard InChI is InChI=1S/C12H12N4O3S/c17-16(18)10-4-1-3-9(7-10)14-15-12(20)13-8-11-5-2-6-19-11/h1-7,14H,8H2,(H2,13,15,20). The number of benzene rings is 1. The van der Waals surface area contributed by atoms with Gasteiger partial charge in [-0.05, 0) is 30.4 Å². The van der Waals surface area contributed by atoms with Crippen molar-refractivity contribution in [3.63, 3.8) is 0 Å². The first kappa shape index (κ1) is 13.8. The maximum atomic E-state index is 10.6. The van der Waals surface area contributed by atoms with Crippen molar-refractivity contribution in [1.82, 2.24) is 10.7 Å². The summed E-state index contributed by atoms with van der Waals surface area (Å²) in [6.45, 7) is 0.454. The molecule has 0 unspecified atom stereocenters. The maximum Gasteiger partial charge on any atom is 0.271 e. The van der Waals surface area contributed by atoms with Crippen LogP contribution in [0.3, 0.4) is 0 Å². The molecule has 0 radical (unpaired) electrons. The first-order valence-corrected chi connectivity index (χ1v) is 6.12. The van der Waals surface area contributed by atoms with Crippen molar-refractivity contribution >= 4 is 28.7 Å². The Morgan fingerprint density at radius 2 is 2.20 bits per heavy atom. The third kappa shape index (κ3) is 3.95. The molecular formula is C12H12N4O3S. The molecule has 0 fully saturated rings. The van der Waals surface area contributed by atoms with Crippen molar-refractivity contribution in [3.05, 3.63) is 58.5 Å². The highest BCUT2D eigenvalue weighted by Crippen LogP contribution is 2.15. The number of hydrazine groups is 1. The zero-order valence-electron chi connectivity index (χ0n) is 10.3. The molecule has 2 rings (SSSR count). The minimum absolute atomic E-state index is 0.00580. The van der Waals surface area contributed by atoms with Gasteiger partial charge in [0.2, 0.25) is 0 Å². The molecule has 0 aliphatic rings. The number of hydrogen-bond donors (Lipinski definition) is 3. The van der Waals surface area contributed by atoms with Crippen LogP contribution in [0.2, 0.25) is 0 Å². The molecule has 1 heterocycles. The second-order valence-corrected chi connectivity index (χ2v) is 4.23. The molecule has 104 valence electrons. The summed E-state index contributed by atoms with van der Waals surface area (Å²) in [7, 11) is 0. The Morgan fingerprint density at radius 1 is 1.35 bits per heavy atom. The number of nitrogens with zero attached hydrogens (tertiary/aromatic N) is 1. The van der Waals surface area contributed by atoms with Crippen LogP contribution < -0.4 is 16.2 Å². The topological polar surface area (TPSA) is 92.4 Å². The Balaban J connectivity index is 1.81. The fourth-order valence-corrected chi connectivity index (χ4v) is 1.57. The molecule has 7 nitrogen and oxygen atoms in total. The van der Waals surface area contributed by atoms with Crippen molar-refractivity contribution in [2.75, 3.05) is 5.43 Å². The Hall–Kier alpha value is -2.61. The first-order chi connectivity index (χ1) is 9.65. The van der Waals surface area contributed by atoms with Gasteiger partial charge in [0, 0.05) is 12.1 Å². The molecule has 0 saturated heterocycles. The fourth-order valence-electron chi connectivity index (χ4n) is 1.45. The number of hydrogen-bond acceptors (Lipinski definition) is 5. The Bertz CT molecular complexity index is 601. The highest BCUT2D eigenvalue weighted by atomic mass is 32.1. The summed E-state index contributed by atoms with van der Waals surface area (Å²) in [6, 6.07) is 9.70. The summed E-state index contributed by atoms with van der Waals surface area (Å²) in [6.07, 6.45) is 1.58. The normalized spacial score (nSPS) is 9.80. The number of non-ortho nitro benzene ring substituents is 1. The molecule has 0 spiro atoms. The van der Waals surface area contributed by atoms with Gasteiger partial charge in [-0.2, -0.15) is 0 Å². The fraction of sp³-hybridized carbons (Fsp3) is 0.0833. The van der Waals surface area contributed by atoms with E-state index in [0.717, 1.165) is 5.76 Å². The zero-order chi connectivity index (χ0) is 14.4. The number of rotatable bonds is 5. The molecule has 8 heteroatoms. The van der Waals surface area contributed by atoms with Gasteiger partial charge in [-0.1, -0.05) is 6.07 Å². The van der Waals surface area contributed by atoms with Gasteiger partial charge in [-0.25, -0.2) is 0 Å². The summed E-state index contributed by atoms with van der Waals surface area (Å²) in [5.74, 6) is 0.754. The summed E-state index contributed by atoms with van der Waals surface area (Å²) in [4.78, 5) is 10.2. The number of nitrogens with one attached hydrogen (secondary N) is 3. The van der Waals surface area contributed by atoms with Crippen LogP contribution >= 0.6 is 12.2 Å². The molecule has 0 bridgehead atoms. The molecule has 0 aliphatic heterocycles. The summed E-state index contributed by atoms with van der Waals surface area (Å²) in [5.41, 5.74) is 6.06. The largest absolute Gasteiger partial charge is 0.467 e. The molecule has 0 saturated carbocycles. The van der Waals surface area contributed by atoms with E-state index in [4.69, 9.17) is 16.6 Å². The number of thiocarbonyl (C=S) groups is 1. The Morgan fingerprint density at radius 3 is 2.90 bits per heavy atom. The predicted octanol–water partition coefficient (Wildman–Crippen LogP) is 2.18. The monoisotopic (exact) mass is 292 g/mol. The number of nitro groups is 1. The quantitative estimate of drug-likeness (QED) is 0.442. The lowest BCUT2D eigenvalue weighted by atomic mass is 10.3. The minimum atomic E-state index is -0.460. The summed E-state index contributed by atoms with van der Waals surface area (Å²) in [5, 5.41) is 13.9. The van der Waals surface area contributed by atoms with Crippen LogP contribution in [0.15, 0.2) is 47.1 Å². The van der Waals surface area contributed by atoms with E-state index in [1.165, 1.54) is 12.1 Å². The summed E-state index contributed by atoms with van der Waals surface area (Å²) < 4.78 is 5.14. The molecule has 2 aromatic rings. The van der Waals surface area contributed by atoms with Gasteiger partial charge >= 0.3 is 0 Å². The van der Waals surface area contributed by atoms with Gasteiger partial charge in [0.25, 0.3) is 5.69 Å². The zero-order valence-corrected chi connectivity index (χ0v) is 11.1. The second-order valence-electron chi connectivity index (χ2n) is 3.82. The van der Waals surface area contributed by atoms with Crippen LogP contribution in [0.1, 0.15) is 5.76 Å². The molecule has 0 amide bonds. The lowest BCUT2D eigenvalue weighted by Crippen LogP contribution is -2.38. The van der Waals surface area contributed by atoms with E-state index in [1.54, 1.807) is 24.5 Å². The Labute approximate surface area is 120 Å². The van der Waals surface area contributed by atoms with Gasteiger partial charge in [-0.15, -0.1) is 0 Å². The lowest BCUT2D eigenvalue weighted by Gasteiger charge is -2.11. The van der Waals surface area contributed by atoms with Gasteiger partial charge < -0.3 is 9.73 Å².